The van der Waals surface area contributed by atoms with Crippen LogP contribution in [0.25, 0.3) is 0 Å². The van der Waals surface area contributed by atoms with Crippen LogP contribution < -0.4 is 5.73 Å². The number of amides is 1. The molecule has 10 nitrogen and oxygen atoms in total. The summed E-state index contributed by atoms with van der Waals surface area (Å²) < 4.78 is 0. The maximum absolute atomic E-state index is 13.7. The second-order valence-electron chi connectivity index (χ2n) is 9.56. The van der Waals surface area contributed by atoms with E-state index in [-0.39, 0.29) is 36.2 Å². The summed E-state index contributed by atoms with van der Waals surface area (Å²) in [4.78, 5) is 78.9. The Morgan fingerprint density at radius 3 is 2.35 bits per heavy atom. The van der Waals surface area contributed by atoms with E-state index in [0.717, 1.165) is 0 Å². The molecule has 2 fully saturated rings. The van der Waals surface area contributed by atoms with E-state index >= 15 is 0 Å². The number of benzene rings is 1. The standard InChI is InChI=1S/C24H26N2O8/c1-4-13(27)11-6-5-9-7-10-8-12-17(26(2)3)20(30)16(23(25)33)22(32)24(12,34)21(31)15(10)19(29)14(9)18(11)28/h5-6,10,12,15-17,28,34H,4,7-8H2,1-3H3,(H2,25,33)/t10-,12-,15?,16?,17-,24-/m0/s1. The van der Waals surface area contributed by atoms with Gasteiger partial charge in [0.2, 0.25) is 5.91 Å². The van der Waals surface area contributed by atoms with Gasteiger partial charge in [-0.2, -0.15) is 0 Å². The molecule has 34 heavy (non-hydrogen) atoms. The number of carbonyl (C=O) groups is 6. The van der Waals surface area contributed by atoms with Gasteiger partial charge in [0.1, 0.15) is 5.75 Å². The first-order chi connectivity index (χ1) is 15.9. The van der Waals surface area contributed by atoms with Gasteiger partial charge in [-0.05, 0) is 44.5 Å². The van der Waals surface area contributed by atoms with Gasteiger partial charge in [-0.1, -0.05) is 13.0 Å². The zero-order valence-electron chi connectivity index (χ0n) is 19.0. The van der Waals surface area contributed by atoms with Crippen LogP contribution in [0.2, 0.25) is 0 Å². The Morgan fingerprint density at radius 1 is 1.15 bits per heavy atom. The monoisotopic (exact) mass is 470 g/mol. The van der Waals surface area contributed by atoms with Crippen LogP contribution >= 0.6 is 0 Å². The molecule has 1 aromatic carbocycles. The highest BCUT2D eigenvalue weighted by Gasteiger charge is 2.69. The molecule has 0 heterocycles. The quantitative estimate of drug-likeness (QED) is 0.386. The molecule has 3 aliphatic rings. The summed E-state index contributed by atoms with van der Waals surface area (Å²) in [6.07, 6.45) is 0.246. The fourth-order valence-corrected chi connectivity index (χ4v) is 6.00. The average molecular weight is 470 g/mol. The normalized spacial score (nSPS) is 32.8. The van der Waals surface area contributed by atoms with E-state index in [0.29, 0.717) is 5.56 Å². The Morgan fingerprint density at radius 2 is 1.79 bits per heavy atom. The van der Waals surface area contributed by atoms with Gasteiger partial charge in [-0.15, -0.1) is 0 Å². The van der Waals surface area contributed by atoms with Gasteiger partial charge in [0.15, 0.2) is 40.4 Å². The lowest BCUT2D eigenvalue weighted by Crippen LogP contribution is -2.74. The zero-order chi connectivity index (χ0) is 25.3. The third kappa shape index (κ3) is 3.01. The minimum Gasteiger partial charge on any atom is -0.506 e. The topological polar surface area (TPSA) is 172 Å². The lowest BCUT2D eigenvalue weighted by Gasteiger charge is -2.52. The third-order valence-electron chi connectivity index (χ3n) is 7.56. The van der Waals surface area contributed by atoms with Crippen molar-refractivity contribution in [2.24, 2.45) is 29.4 Å². The number of nitrogens with two attached hydrogens (primary N) is 1. The molecule has 4 N–H and O–H groups in total. The largest absolute Gasteiger partial charge is 0.506 e. The van der Waals surface area contributed by atoms with Gasteiger partial charge < -0.3 is 15.9 Å². The van der Waals surface area contributed by atoms with Crippen LogP contribution in [0.5, 0.6) is 5.75 Å². The van der Waals surface area contributed by atoms with Crippen molar-refractivity contribution in [3.05, 3.63) is 28.8 Å². The summed E-state index contributed by atoms with van der Waals surface area (Å²) in [5, 5.41) is 22.2. The fraction of sp³-hybridized carbons (Fsp3) is 0.500. The number of Topliss-reactive ketones (excluding diaryl/α,β-unsaturated/α-hetero) is 5. The predicted molar refractivity (Wildman–Crippen MR) is 116 cm³/mol. The van der Waals surface area contributed by atoms with Crippen LogP contribution in [0.3, 0.4) is 0 Å². The SMILES string of the molecule is CCC(=O)c1ccc2c(c1O)C(=O)C1C(=O)[C@]3(O)C(=O)C(C(N)=O)C(=O)[C@@H](N(C)C)[C@@H]3C[C@@H]1C2. The summed E-state index contributed by atoms with van der Waals surface area (Å²) in [5.74, 6) is -11.5. The van der Waals surface area contributed by atoms with Crippen molar-refractivity contribution in [3.63, 3.8) is 0 Å². The second kappa shape index (κ2) is 7.92. The first kappa shape index (κ1) is 23.9. The van der Waals surface area contributed by atoms with Crippen molar-refractivity contribution in [1.29, 1.82) is 0 Å². The molecule has 1 aromatic rings. The van der Waals surface area contributed by atoms with Gasteiger partial charge in [-0.25, -0.2) is 0 Å². The fourth-order valence-electron chi connectivity index (χ4n) is 6.00. The Bertz CT molecular complexity index is 1170. The maximum Gasteiger partial charge on any atom is 0.235 e. The zero-order valence-corrected chi connectivity index (χ0v) is 19.0. The molecule has 180 valence electrons. The first-order valence-corrected chi connectivity index (χ1v) is 11.1. The molecule has 0 spiro atoms. The van der Waals surface area contributed by atoms with E-state index in [9.17, 15) is 39.0 Å². The van der Waals surface area contributed by atoms with Gasteiger partial charge in [0.25, 0.3) is 0 Å². The third-order valence-corrected chi connectivity index (χ3v) is 7.56. The van der Waals surface area contributed by atoms with E-state index < -0.39 is 70.1 Å². The Kier molecular flexibility index (Phi) is 5.57. The summed E-state index contributed by atoms with van der Waals surface area (Å²) in [5.41, 5.74) is 2.74. The number of carbonyl (C=O) groups excluding carboxylic acids is 6. The molecule has 2 saturated carbocycles. The van der Waals surface area contributed by atoms with Crippen LogP contribution in [0.15, 0.2) is 12.1 Å². The van der Waals surface area contributed by atoms with Gasteiger partial charge in [0, 0.05) is 12.3 Å². The predicted octanol–water partition coefficient (Wildman–Crippen LogP) is -0.540. The van der Waals surface area contributed by atoms with Crippen molar-refractivity contribution < 1.29 is 39.0 Å². The van der Waals surface area contributed by atoms with E-state index in [1.807, 2.05) is 0 Å². The highest BCUT2D eigenvalue weighted by Crippen LogP contribution is 2.50. The number of aliphatic hydroxyl groups is 1. The Hall–Kier alpha value is -3.24. The van der Waals surface area contributed by atoms with Crippen LogP contribution in [-0.4, -0.2) is 75.7 Å². The highest BCUT2D eigenvalue weighted by atomic mass is 16.3. The Labute approximate surface area is 195 Å². The summed E-state index contributed by atoms with van der Waals surface area (Å²) in [6.45, 7) is 1.60. The minimum atomic E-state index is -2.76. The number of aromatic hydroxyl groups is 1. The van der Waals surface area contributed by atoms with Crippen LogP contribution in [0, 0.1) is 23.7 Å². The van der Waals surface area contributed by atoms with Gasteiger partial charge >= 0.3 is 0 Å². The number of phenols is 1. The first-order valence-electron chi connectivity index (χ1n) is 11.1. The van der Waals surface area contributed by atoms with Crippen molar-refractivity contribution in [2.45, 2.75) is 37.8 Å². The molecule has 2 unspecified atom stereocenters. The molecule has 0 radical (unpaired) electrons. The number of rotatable bonds is 4. The number of nitrogens with zero attached hydrogens (tertiary/aromatic N) is 1. The van der Waals surface area contributed by atoms with E-state index in [1.54, 1.807) is 13.0 Å². The second-order valence-corrected chi connectivity index (χ2v) is 9.56. The summed E-state index contributed by atoms with van der Waals surface area (Å²) in [6, 6.07) is 1.85. The molecule has 4 rings (SSSR count). The van der Waals surface area contributed by atoms with Gasteiger partial charge in [-0.3, -0.25) is 33.7 Å². The van der Waals surface area contributed by atoms with Crippen molar-refractivity contribution in [1.82, 2.24) is 4.90 Å². The van der Waals surface area contributed by atoms with Crippen LogP contribution in [0.1, 0.15) is 46.0 Å². The molecule has 0 aliphatic heterocycles. The lowest BCUT2D eigenvalue weighted by atomic mass is 9.52. The molecule has 0 aromatic heterocycles. The molecule has 6 atom stereocenters. The summed E-state index contributed by atoms with van der Waals surface area (Å²) >= 11 is 0. The summed E-state index contributed by atoms with van der Waals surface area (Å²) in [7, 11) is 3.05. The number of ketones is 5. The number of likely N-dealkylation sites (N-methyl/N-ethyl adjacent to an activating group) is 1. The van der Waals surface area contributed by atoms with Crippen LogP contribution in [0.4, 0.5) is 0 Å². The van der Waals surface area contributed by atoms with Crippen molar-refractivity contribution in [3.8, 4) is 5.75 Å². The molecular weight excluding hydrogens is 444 g/mol. The molecular formula is C24H26N2O8. The molecule has 1 amide bonds. The number of primary amides is 1. The van der Waals surface area contributed by atoms with Crippen molar-refractivity contribution >= 4 is 34.8 Å². The maximum atomic E-state index is 13.7. The lowest BCUT2D eigenvalue weighted by molar-refractivity contribution is -0.181. The van der Waals surface area contributed by atoms with E-state index in [2.05, 4.69) is 0 Å². The molecule has 0 saturated heterocycles. The smallest absolute Gasteiger partial charge is 0.235 e. The number of hydrogen-bond donors (Lipinski definition) is 3. The Balaban J connectivity index is 1.86. The highest BCUT2D eigenvalue weighted by molar-refractivity contribution is 6.32. The van der Waals surface area contributed by atoms with E-state index in [4.69, 9.17) is 5.73 Å². The number of phenolic OH excluding ortho intramolecular Hbond substituents is 1. The molecule has 3 aliphatic carbocycles. The molecule has 10 heteroatoms. The average Bonchev–Trinajstić information content (AvgIpc) is 2.75. The number of fused-ring (bicyclic) bond motifs is 3. The molecule has 0 bridgehead atoms. The van der Waals surface area contributed by atoms with Crippen molar-refractivity contribution in [2.75, 3.05) is 14.1 Å². The van der Waals surface area contributed by atoms with Crippen LogP contribution in [-0.2, 0) is 25.6 Å². The number of hydrogen-bond acceptors (Lipinski definition) is 9. The van der Waals surface area contributed by atoms with Gasteiger partial charge in [0.05, 0.1) is 23.1 Å². The minimum absolute atomic E-state index is 0.0136. The van der Waals surface area contributed by atoms with E-state index in [1.165, 1.54) is 25.1 Å².